The summed E-state index contributed by atoms with van der Waals surface area (Å²) in [5, 5.41) is 3.24. The second-order valence-corrected chi connectivity index (χ2v) is 4.00. The lowest BCUT2D eigenvalue weighted by atomic mass is 9.80. The molecule has 1 aromatic heterocycles. The highest BCUT2D eigenvalue weighted by Gasteiger charge is 2.36. The average molecular weight is 223 g/mol. The van der Waals surface area contributed by atoms with Crippen LogP contribution in [0.4, 0.5) is 11.8 Å². The molecule has 6 nitrogen and oxygen atoms in total. The molecule has 1 aliphatic rings. The summed E-state index contributed by atoms with van der Waals surface area (Å²) in [6, 6.07) is 1.81. The van der Waals surface area contributed by atoms with E-state index in [1.807, 2.05) is 6.07 Å². The van der Waals surface area contributed by atoms with Crippen molar-refractivity contribution in [2.75, 3.05) is 24.4 Å². The Balaban J connectivity index is 1.93. The highest BCUT2D eigenvalue weighted by atomic mass is 16.5. The van der Waals surface area contributed by atoms with Crippen molar-refractivity contribution in [1.82, 2.24) is 9.97 Å². The molecule has 1 heterocycles. The van der Waals surface area contributed by atoms with E-state index >= 15 is 0 Å². The first-order chi connectivity index (χ1) is 7.78. The van der Waals surface area contributed by atoms with Gasteiger partial charge >= 0.3 is 0 Å². The third-order valence-electron chi connectivity index (χ3n) is 3.07. The number of methoxy groups -OCH3 is 1. The van der Waals surface area contributed by atoms with Gasteiger partial charge in [0, 0.05) is 19.9 Å². The van der Waals surface area contributed by atoms with Crippen LogP contribution in [-0.4, -0.2) is 29.2 Å². The number of nitrogens with zero attached hydrogens (tertiary/aromatic N) is 2. The van der Waals surface area contributed by atoms with Gasteiger partial charge in [-0.15, -0.1) is 0 Å². The second kappa shape index (κ2) is 4.63. The van der Waals surface area contributed by atoms with E-state index in [-0.39, 0.29) is 5.60 Å². The maximum absolute atomic E-state index is 5.51. The maximum Gasteiger partial charge on any atom is 0.239 e. The van der Waals surface area contributed by atoms with Gasteiger partial charge in [-0.1, -0.05) is 0 Å². The highest BCUT2D eigenvalue weighted by molar-refractivity contribution is 5.39. The first-order valence-electron chi connectivity index (χ1n) is 5.37. The van der Waals surface area contributed by atoms with Crippen molar-refractivity contribution in [3.63, 3.8) is 0 Å². The fourth-order valence-electron chi connectivity index (χ4n) is 1.80. The zero-order valence-corrected chi connectivity index (χ0v) is 9.36. The molecular formula is C10H17N5O. The lowest BCUT2D eigenvalue weighted by Crippen LogP contribution is -2.45. The van der Waals surface area contributed by atoms with Crippen molar-refractivity contribution in [3.8, 4) is 0 Å². The van der Waals surface area contributed by atoms with E-state index in [0.717, 1.165) is 25.2 Å². The van der Waals surface area contributed by atoms with E-state index in [0.29, 0.717) is 5.95 Å². The SMILES string of the molecule is COC1(CNc2ccnc(NN)n2)CCC1. The second-order valence-electron chi connectivity index (χ2n) is 4.00. The largest absolute Gasteiger partial charge is 0.376 e. The molecular weight excluding hydrogens is 206 g/mol. The van der Waals surface area contributed by atoms with E-state index in [2.05, 4.69) is 20.7 Å². The predicted octanol–water partition coefficient (Wildman–Crippen LogP) is 0.743. The summed E-state index contributed by atoms with van der Waals surface area (Å²) in [6.07, 6.45) is 5.09. The number of anilines is 2. The Morgan fingerprint density at radius 3 is 2.94 bits per heavy atom. The smallest absolute Gasteiger partial charge is 0.239 e. The first-order valence-corrected chi connectivity index (χ1v) is 5.37. The highest BCUT2D eigenvalue weighted by Crippen LogP contribution is 2.34. The zero-order valence-electron chi connectivity index (χ0n) is 9.36. The molecule has 6 heteroatoms. The summed E-state index contributed by atoms with van der Waals surface area (Å²) in [5.41, 5.74) is 2.40. The van der Waals surface area contributed by atoms with E-state index in [9.17, 15) is 0 Å². The van der Waals surface area contributed by atoms with Gasteiger partial charge in [-0.05, 0) is 25.3 Å². The fourth-order valence-corrected chi connectivity index (χ4v) is 1.80. The quantitative estimate of drug-likeness (QED) is 0.504. The summed E-state index contributed by atoms with van der Waals surface area (Å²) >= 11 is 0. The van der Waals surface area contributed by atoms with Crippen LogP contribution >= 0.6 is 0 Å². The number of nitrogens with one attached hydrogen (secondary N) is 2. The van der Waals surface area contributed by atoms with Crippen molar-refractivity contribution in [3.05, 3.63) is 12.3 Å². The number of hydrazine groups is 1. The van der Waals surface area contributed by atoms with E-state index in [4.69, 9.17) is 10.6 Å². The Kier molecular flexibility index (Phi) is 3.21. The molecule has 0 radical (unpaired) electrons. The molecule has 16 heavy (non-hydrogen) atoms. The first kappa shape index (κ1) is 11.1. The van der Waals surface area contributed by atoms with Crippen LogP contribution in [0.5, 0.6) is 0 Å². The van der Waals surface area contributed by atoms with Gasteiger partial charge in [0.1, 0.15) is 5.82 Å². The van der Waals surface area contributed by atoms with Crippen molar-refractivity contribution in [1.29, 1.82) is 0 Å². The van der Waals surface area contributed by atoms with Crippen LogP contribution in [0, 0.1) is 0 Å². The summed E-state index contributed by atoms with van der Waals surface area (Å²) < 4.78 is 5.51. The van der Waals surface area contributed by atoms with Crippen LogP contribution in [-0.2, 0) is 4.74 Å². The summed E-state index contributed by atoms with van der Waals surface area (Å²) in [4.78, 5) is 8.11. The number of aromatic nitrogens is 2. The average Bonchev–Trinajstić information content (AvgIpc) is 2.29. The Labute approximate surface area is 94.6 Å². The Morgan fingerprint density at radius 1 is 1.56 bits per heavy atom. The Hall–Kier alpha value is -1.40. The lowest BCUT2D eigenvalue weighted by molar-refractivity contribution is -0.0601. The number of hydrogen-bond acceptors (Lipinski definition) is 6. The predicted molar refractivity (Wildman–Crippen MR) is 61.9 cm³/mol. The molecule has 0 bridgehead atoms. The number of rotatable bonds is 5. The third kappa shape index (κ3) is 2.23. The topological polar surface area (TPSA) is 85.1 Å². The zero-order chi connectivity index (χ0) is 11.4. The Bertz CT molecular complexity index is 347. The molecule has 1 aromatic rings. The molecule has 0 unspecified atom stereocenters. The van der Waals surface area contributed by atoms with Crippen LogP contribution in [0.1, 0.15) is 19.3 Å². The van der Waals surface area contributed by atoms with Crippen LogP contribution in [0.3, 0.4) is 0 Å². The summed E-state index contributed by atoms with van der Waals surface area (Å²) in [7, 11) is 1.76. The number of nitrogen functional groups attached to an aromatic ring is 1. The molecule has 0 atom stereocenters. The van der Waals surface area contributed by atoms with Crippen LogP contribution < -0.4 is 16.6 Å². The maximum atomic E-state index is 5.51. The van der Waals surface area contributed by atoms with Gasteiger partial charge in [-0.25, -0.2) is 10.8 Å². The van der Waals surface area contributed by atoms with E-state index < -0.39 is 0 Å². The monoisotopic (exact) mass is 223 g/mol. The van der Waals surface area contributed by atoms with Gasteiger partial charge in [-0.3, -0.25) is 5.43 Å². The van der Waals surface area contributed by atoms with Crippen molar-refractivity contribution in [2.24, 2.45) is 5.84 Å². The van der Waals surface area contributed by atoms with Gasteiger partial charge in [0.05, 0.1) is 5.60 Å². The molecule has 0 spiro atoms. The number of ether oxygens (including phenoxy) is 1. The summed E-state index contributed by atoms with van der Waals surface area (Å²) in [6.45, 7) is 0.768. The molecule has 0 aliphatic heterocycles. The van der Waals surface area contributed by atoms with Gasteiger partial charge in [0.25, 0.3) is 0 Å². The normalized spacial score (nSPS) is 17.6. The molecule has 1 fully saturated rings. The molecule has 88 valence electrons. The molecule has 2 rings (SSSR count). The van der Waals surface area contributed by atoms with Gasteiger partial charge < -0.3 is 10.1 Å². The van der Waals surface area contributed by atoms with Gasteiger partial charge in [-0.2, -0.15) is 4.98 Å². The minimum Gasteiger partial charge on any atom is -0.376 e. The molecule has 1 aliphatic carbocycles. The van der Waals surface area contributed by atoms with Crippen molar-refractivity contribution < 1.29 is 4.74 Å². The minimum absolute atomic E-state index is 0.0126. The van der Waals surface area contributed by atoms with Crippen molar-refractivity contribution in [2.45, 2.75) is 24.9 Å². The van der Waals surface area contributed by atoms with Crippen LogP contribution in [0.25, 0.3) is 0 Å². The summed E-state index contributed by atoms with van der Waals surface area (Å²) in [5.74, 6) is 6.40. The van der Waals surface area contributed by atoms with Gasteiger partial charge in [0.15, 0.2) is 0 Å². The van der Waals surface area contributed by atoms with Crippen LogP contribution in [0.2, 0.25) is 0 Å². The molecule has 1 saturated carbocycles. The molecule has 0 amide bonds. The Morgan fingerprint density at radius 2 is 2.38 bits per heavy atom. The minimum atomic E-state index is -0.0126. The molecule has 4 N–H and O–H groups in total. The third-order valence-corrected chi connectivity index (χ3v) is 3.07. The fraction of sp³-hybridized carbons (Fsp3) is 0.600. The number of nitrogens with two attached hydrogens (primary N) is 1. The molecule has 0 saturated heterocycles. The standard InChI is InChI=1S/C10H17N5O/c1-16-10(4-2-5-10)7-13-8-3-6-12-9(14-8)15-11/h3,6H,2,4-5,7,11H2,1H3,(H2,12,13,14,15). The number of hydrogen-bond donors (Lipinski definition) is 3. The van der Waals surface area contributed by atoms with E-state index in [1.165, 1.54) is 6.42 Å². The van der Waals surface area contributed by atoms with Crippen LogP contribution in [0.15, 0.2) is 12.3 Å². The molecule has 0 aromatic carbocycles. The van der Waals surface area contributed by atoms with Crippen molar-refractivity contribution >= 4 is 11.8 Å². The lowest BCUT2D eigenvalue weighted by Gasteiger charge is -2.40. The van der Waals surface area contributed by atoms with Gasteiger partial charge in [0.2, 0.25) is 5.95 Å². The van der Waals surface area contributed by atoms with E-state index in [1.54, 1.807) is 13.3 Å².